The molecule has 0 bridgehead atoms. The molecular formula is C18H20ClN3O2. The first-order valence-corrected chi connectivity index (χ1v) is 8.35. The molecule has 0 radical (unpaired) electrons. The Bertz CT molecular complexity index is 703. The molecule has 0 unspecified atom stereocenters. The highest BCUT2D eigenvalue weighted by atomic mass is 35.5. The molecule has 1 aromatic carbocycles. The number of amides is 1. The Hall–Kier alpha value is -2.27. The molecule has 1 heterocycles. The number of nitrogens with zero attached hydrogens (tertiary/aromatic N) is 1. The van der Waals surface area contributed by atoms with E-state index in [1.54, 1.807) is 6.07 Å². The molecule has 1 saturated carbocycles. The van der Waals surface area contributed by atoms with Crippen molar-refractivity contribution in [3.8, 4) is 0 Å². The van der Waals surface area contributed by atoms with Crippen LogP contribution >= 0.6 is 11.6 Å². The van der Waals surface area contributed by atoms with Crippen molar-refractivity contribution in [2.24, 2.45) is 0 Å². The fraction of sp³-hybridized carbons (Fsp3) is 0.333. The lowest BCUT2D eigenvalue weighted by molar-refractivity contribution is 0.129. The van der Waals surface area contributed by atoms with Gasteiger partial charge in [0.05, 0.1) is 11.4 Å². The van der Waals surface area contributed by atoms with Crippen LogP contribution in [-0.4, -0.2) is 23.2 Å². The van der Waals surface area contributed by atoms with Crippen LogP contribution in [0.1, 0.15) is 24.1 Å². The van der Waals surface area contributed by atoms with Gasteiger partial charge in [0.15, 0.2) is 0 Å². The van der Waals surface area contributed by atoms with Crippen molar-refractivity contribution < 1.29 is 9.53 Å². The summed E-state index contributed by atoms with van der Waals surface area (Å²) in [5.41, 5.74) is 2.84. The fourth-order valence-corrected chi connectivity index (χ4v) is 2.88. The molecule has 126 valence electrons. The summed E-state index contributed by atoms with van der Waals surface area (Å²) in [6.45, 7) is 2.21. The number of pyridine rings is 1. The molecule has 2 aromatic rings. The highest BCUT2D eigenvalue weighted by molar-refractivity contribution is 6.29. The molecule has 1 aromatic heterocycles. The van der Waals surface area contributed by atoms with Gasteiger partial charge in [-0.15, -0.1) is 0 Å². The Morgan fingerprint density at radius 2 is 1.96 bits per heavy atom. The molecule has 1 aliphatic carbocycles. The summed E-state index contributed by atoms with van der Waals surface area (Å²) in [6, 6.07) is 13.8. The summed E-state index contributed by atoms with van der Waals surface area (Å²) in [5, 5.41) is 6.80. The molecule has 1 amide bonds. The van der Waals surface area contributed by atoms with E-state index in [0.717, 1.165) is 29.8 Å². The number of hydrogen-bond acceptors (Lipinski definition) is 4. The van der Waals surface area contributed by atoms with E-state index in [4.69, 9.17) is 16.3 Å². The first-order chi connectivity index (χ1) is 11.6. The number of hydrogen-bond donors (Lipinski definition) is 2. The van der Waals surface area contributed by atoms with E-state index in [9.17, 15) is 4.79 Å². The summed E-state index contributed by atoms with van der Waals surface area (Å²) in [7, 11) is 0. The van der Waals surface area contributed by atoms with E-state index in [1.807, 2.05) is 43.3 Å². The number of carbonyl (C=O) groups excluding carboxylic acids is 1. The Kier molecular flexibility index (Phi) is 5.20. The quantitative estimate of drug-likeness (QED) is 0.806. The lowest BCUT2D eigenvalue weighted by Gasteiger charge is -2.36. The molecule has 0 saturated heterocycles. The van der Waals surface area contributed by atoms with Crippen LogP contribution in [0.5, 0.6) is 0 Å². The van der Waals surface area contributed by atoms with E-state index in [2.05, 4.69) is 15.6 Å². The second-order valence-electron chi connectivity index (χ2n) is 5.98. The van der Waals surface area contributed by atoms with E-state index in [0.29, 0.717) is 11.2 Å². The van der Waals surface area contributed by atoms with Crippen molar-refractivity contribution in [1.29, 1.82) is 0 Å². The minimum atomic E-state index is -0.369. The molecular weight excluding hydrogens is 326 g/mol. The van der Waals surface area contributed by atoms with Crippen molar-refractivity contribution >= 4 is 23.4 Å². The topological polar surface area (TPSA) is 63.2 Å². The number of anilines is 1. The van der Waals surface area contributed by atoms with Gasteiger partial charge in [0, 0.05) is 12.1 Å². The second-order valence-corrected chi connectivity index (χ2v) is 6.37. The maximum Gasteiger partial charge on any atom is 0.407 e. The molecule has 5 nitrogen and oxygen atoms in total. The van der Waals surface area contributed by atoms with Crippen molar-refractivity contribution in [1.82, 2.24) is 10.3 Å². The largest absolute Gasteiger partial charge is 0.445 e. The van der Waals surface area contributed by atoms with Crippen molar-refractivity contribution in [2.75, 3.05) is 5.32 Å². The number of ether oxygens (including phenoxy) is 1. The maximum absolute atomic E-state index is 11.8. The fourth-order valence-electron chi connectivity index (χ4n) is 2.69. The van der Waals surface area contributed by atoms with Crippen LogP contribution in [-0.2, 0) is 11.3 Å². The zero-order chi connectivity index (χ0) is 16.9. The minimum absolute atomic E-state index is 0.145. The van der Waals surface area contributed by atoms with E-state index >= 15 is 0 Å². The Balaban J connectivity index is 1.38. The number of nitrogens with one attached hydrogen (secondary N) is 2. The average molecular weight is 346 g/mol. The van der Waals surface area contributed by atoms with Gasteiger partial charge in [-0.2, -0.15) is 0 Å². The van der Waals surface area contributed by atoms with Crippen molar-refractivity contribution in [3.05, 3.63) is 58.9 Å². The standard InChI is InChI=1S/C18H20ClN3O2/c1-12-16(7-8-17(19)20-12)21-14-9-15(10-14)22-18(23)24-11-13-5-3-2-4-6-13/h2-8,14-15,21H,9-11H2,1H3,(H,22,23). The number of halogens is 1. The van der Waals surface area contributed by atoms with Gasteiger partial charge in [-0.1, -0.05) is 41.9 Å². The Morgan fingerprint density at radius 3 is 2.67 bits per heavy atom. The van der Waals surface area contributed by atoms with Gasteiger partial charge in [0.2, 0.25) is 0 Å². The van der Waals surface area contributed by atoms with Crippen LogP contribution in [0.15, 0.2) is 42.5 Å². The maximum atomic E-state index is 11.8. The number of carbonyl (C=O) groups is 1. The summed E-state index contributed by atoms with van der Waals surface area (Å²) in [6.07, 6.45) is 1.36. The molecule has 1 aliphatic rings. The number of rotatable bonds is 5. The monoisotopic (exact) mass is 345 g/mol. The Morgan fingerprint density at radius 1 is 1.21 bits per heavy atom. The highest BCUT2D eigenvalue weighted by Crippen LogP contribution is 2.26. The predicted octanol–water partition coefficient (Wildman–Crippen LogP) is 3.91. The summed E-state index contributed by atoms with van der Waals surface area (Å²) >= 11 is 5.86. The third kappa shape index (κ3) is 4.38. The molecule has 3 rings (SSSR count). The summed E-state index contributed by atoms with van der Waals surface area (Å²) in [5.74, 6) is 0. The first kappa shape index (κ1) is 16.6. The van der Waals surface area contributed by atoms with Crippen molar-refractivity contribution in [2.45, 2.75) is 38.5 Å². The Labute approximate surface area is 146 Å². The summed E-state index contributed by atoms with van der Waals surface area (Å²) in [4.78, 5) is 16.0. The van der Waals surface area contributed by atoms with Crippen LogP contribution in [0.25, 0.3) is 0 Å². The zero-order valence-electron chi connectivity index (χ0n) is 13.5. The van der Waals surface area contributed by atoms with Crippen LogP contribution < -0.4 is 10.6 Å². The van der Waals surface area contributed by atoms with Crippen LogP contribution in [0.3, 0.4) is 0 Å². The van der Waals surface area contributed by atoms with E-state index in [1.165, 1.54) is 0 Å². The molecule has 1 fully saturated rings. The first-order valence-electron chi connectivity index (χ1n) is 7.97. The lowest BCUT2D eigenvalue weighted by Crippen LogP contribution is -2.49. The second kappa shape index (κ2) is 7.53. The SMILES string of the molecule is Cc1nc(Cl)ccc1NC1CC(NC(=O)OCc2ccccc2)C1. The summed E-state index contributed by atoms with van der Waals surface area (Å²) < 4.78 is 5.23. The van der Waals surface area contributed by atoms with E-state index < -0.39 is 0 Å². The molecule has 0 spiro atoms. The van der Waals surface area contributed by atoms with Gasteiger partial charge in [0.25, 0.3) is 0 Å². The molecule has 2 N–H and O–H groups in total. The third-order valence-electron chi connectivity index (χ3n) is 4.08. The van der Waals surface area contributed by atoms with Gasteiger partial charge < -0.3 is 15.4 Å². The molecule has 0 atom stereocenters. The van der Waals surface area contributed by atoms with Gasteiger partial charge in [-0.05, 0) is 37.5 Å². The van der Waals surface area contributed by atoms with E-state index in [-0.39, 0.29) is 18.7 Å². The number of benzene rings is 1. The molecule has 0 aliphatic heterocycles. The van der Waals surface area contributed by atoms with Crippen molar-refractivity contribution in [3.63, 3.8) is 0 Å². The third-order valence-corrected chi connectivity index (χ3v) is 4.29. The van der Waals surface area contributed by atoms with Gasteiger partial charge in [0.1, 0.15) is 11.8 Å². The van der Waals surface area contributed by atoms with Crippen LogP contribution in [0, 0.1) is 6.92 Å². The highest BCUT2D eigenvalue weighted by Gasteiger charge is 2.31. The number of aryl methyl sites for hydroxylation is 1. The van der Waals surface area contributed by atoms with Crippen LogP contribution in [0.4, 0.5) is 10.5 Å². The normalized spacial score (nSPS) is 19.2. The lowest BCUT2D eigenvalue weighted by atomic mass is 9.86. The molecule has 24 heavy (non-hydrogen) atoms. The smallest absolute Gasteiger partial charge is 0.407 e. The van der Waals surface area contributed by atoms with Gasteiger partial charge in [-0.25, -0.2) is 9.78 Å². The average Bonchev–Trinajstić information content (AvgIpc) is 2.54. The van der Waals surface area contributed by atoms with Crippen LogP contribution in [0.2, 0.25) is 5.15 Å². The van der Waals surface area contributed by atoms with Gasteiger partial charge in [-0.3, -0.25) is 0 Å². The predicted molar refractivity (Wildman–Crippen MR) is 94.2 cm³/mol. The molecule has 6 heteroatoms. The number of alkyl carbamates (subject to hydrolysis) is 1. The minimum Gasteiger partial charge on any atom is -0.445 e. The number of aromatic nitrogens is 1. The van der Waals surface area contributed by atoms with Gasteiger partial charge >= 0.3 is 6.09 Å². The zero-order valence-corrected chi connectivity index (χ0v) is 14.2.